The quantitative estimate of drug-likeness (QED) is 0.799. The summed E-state index contributed by atoms with van der Waals surface area (Å²) in [5.41, 5.74) is 0. The summed E-state index contributed by atoms with van der Waals surface area (Å²) in [5.74, 6) is 1.74. The lowest BCUT2D eigenvalue weighted by atomic mass is 9.95. The molecule has 2 aliphatic heterocycles. The van der Waals surface area contributed by atoms with Crippen LogP contribution in [-0.4, -0.2) is 54.0 Å². The van der Waals surface area contributed by atoms with Gasteiger partial charge >= 0.3 is 0 Å². The molecule has 7 heteroatoms. The highest BCUT2D eigenvalue weighted by molar-refractivity contribution is 8.01. The van der Waals surface area contributed by atoms with E-state index in [1.807, 2.05) is 11.8 Å². The highest BCUT2D eigenvalue weighted by atomic mass is 32.2. The number of aromatic nitrogens is 1. The topological polar surface area (TPSA) is 59.5 Å². The Morgan fingerprint density at radius 3 is 2.83 bits per heavy atom. The maximum atomic E-state index is 12.6. The average molecular weight is 369 g/mol. The van der Waals surface area contributed by atoms with Gasteiger partial charge in [-0.25, -0.2) is 8.42 Å². The van der Waals surface area contributed by atoms with Crippen LogP contribution in [0, 0.1) is 5.92 Å². The number of rotatable bonds is 5. The summed E-state index contributed by atoms with van der Waals surface area (Å²) in [6.07, 6.45) is 9.59. The van der Waals surface area contributed by atoms with Crippen LogP contribution < -0.4 is 0 Å². The van der Waals surface area contributed by atoms with Gasteiger partial charge in [-0.05, 0) is 37.3 Å². The van der Waals surface area contributed by atoms with Crippen LogP contribution in [0.15, 0.2) is 29.4 Å². The van der Waals surface area contributed by atoms with Crippen molar-refractivity contribution < 1.29 is 13.2 Å². The van der Waals surface area contributed by atoms with Gasteiger partial charge in [0.1, 0.15) is 4.90 Å². The van der Waals surface area contributed by atoms with Crippen molar-refractivity contribution in [2.24, 2.45) is 5.92 Å². The number of ether oxygens (including phenoxy) is 1. The van der Waals surface area contributed by atoms with Gasteiger partial charge in [0, 0.05) is 42.6 Å². The van der Waals surface area contributed by atoms with E-state index in [-0.39, 0.29) is 9.64 Å². The first kappa shape index (κ1) is 16.8. The minimum absolute atomic E-state index is 0.0651. The van der Waals surface area contributed by atoms with E-state index in [1.54, 1.807) is 22.6 Å². The van der Waals surface area contributed by atoms with Crippen molar-refractivity contribution >= 4 is 21.8 Å². The third-order valence-electron chi connectivity index (χ3n) is 5.42. The second-order valence-electron chi connectivity index (χ2n) is 7.27. The molecule has 5 nitrogen and oxygen atoms in total. The van der Waals surface area contributed by atoms with E-state index in [2.05, 4.69) is 4.98 Å². The third-order valence-corrected chi connectivity index (χ3v) is 8.77. The molecule has 1 aromatic heterocycles. The minimum atomic E-state index is -3.39. The van der Waals surface area contributed by atoms with Crippen LogP contribution in [0.2, 0.25) is 0 Å². The van der Waals surface area contributed by atoms with E-state index in [1.165, 1.54) is 31.9 Å². The Bertz CT molecular complexity index is 668. The second kappa shape index (κ2) is 6.59. The Labute approximate surface area is 148 Å². The van der Waals surface area contributed by atoms with Gasteiger partial charge in [0.15, 0.2) is 0 Å². The normalized spacial score (nSPS) is 27.6. The number of sulfonamides is 1. The van der Waals surface area contributed by atoms with E-state index in [9.17, 15) is 8.42 Å². The Hall–Kier alpha value is -0.630. The van der Waals surface area contributed by atoms with Crippen molar-refractivity contribution in [3.05, 3.63) is 24.5 Å². The lowest BCUT2D eigenvalue weighted by molar-refractivity contribution is 0.0303. The maximum Gasteiger partial charge on any atom is 0.244 e. The Morgan fingerprint density at radius 2 is 2.12 bits per heavy atom. The molecule has 0 bridgehead atoms. The molecular weight excluding hydrogens is 344 g/mol. The van der Waals surface area contributed by atoms with Crippen LogP contribution in [0.1, 0.15) is 32.1 Å². The summed E-state index contributed by atoms with van der Waals surface area (Å²) in [6.45, 7) is 2.08. The summed E-state index contributed by atoms with van der Waals surface area (Å²) < 4.78 is 32.9. The number of pyridine rings is 1. The van der Waals surface area contributed by atoms with Crippen LogP contribution in [0.3, 0.4) is 0 Å². The molecule has 1 atom stereocenters. The minimum Gasteiger partial charge on any atom is -0.377 e. The standard InChI is InChI=1S/C17H24N2O3S2/c20-24(21,16-6-3-7-18-9-16)19-12-17(13-19)8-15(11-23-17)22-10-14-4-1-2-5-14/h3,6-7,9,14-15H,1-2,4-5,8,10-13H2/t15-/m1/s1. The van der Waals surface area contributed by atoms with E-state index in [0.717, 1.165) is 24.7 Å². The molecule has 1 spiro atoms. The summed E-state index contributed by atoms with van der Waals surface area (Å²) in [4.78, 5) is 4.21. The fraction of sp³-hybridized carbons (Fsp3) is 0.706. The summed E-state index contributed by atoms with van der Waals surface area (Å²) in [7, 11) is -3.39. The number of hydrogen-bond acceptors (Lipinski definition) is 5. The number of nitrogens with zero attached hydrogens (tertiary/aromatic N) is 2. The molecule has 2 saturated heterocycles. The SMILES string of the molecule is O=S(=O)(c1cccnc1)N1CC2(C[C@@H](OCC3CCCC3)CS2)C1. The second-order valence-corrected chi connectivity index (χ2v) is 10.7. The van der Waals surface area contributed by atoms with Crippen LogP contribution in [-0.2, 0) is 14.8 Å². The van der Waals surface area contributed by atoms with Crippen LogP contribution in [0.5, 0.6) is 0 Å². The third kappa shape index (κ3) is 3.23. The lowest BCUT2D eigenvalue weighted by Gasteiger charge is -2.46. The Morgan fingerprint density at radius 1 is 1.33 bits per heavy atom. The lowest BCUT2D eigenvalue weighted by Crippen LogP contribution is -2.60. The summed E-state index contributed by atoms with van der Waals surface area (Å²) >= 11 is 1.89. The van der Waals surface area contributed by atoms with Crippen molar-refractivity contribution in [2.75, 3.05) is 25.4 Å². The first-order chi connectivity index (χ1) is 11.6. The number of hydrogen-bond donors (Lipinski definition) is 0. The van der Waals surface area contributed by atoms with Crippen molar-refractivity contribution in [2.45, 2.75) is 47.9 Å². The molecular formula is C17H24N2O3S2. The molecule has 0 radical (unpaired) electrons. The first-order valence-electron chi connectivity index (χ1n) is 8.73. The molecule has 3 fully saturated rings. The van der Waals surface area contributed by atoms with E-state index >= 15 is 0 Å². The van der Waals surface area contributed by atoms with Gasteiger partial charge in [0.2, 0.25) is 10.0 Å². The maximum absolute atomic E-state index is 12.6. The summed E-state index contributed by atoms with van der Waals surface area (Å²) in [5, 5.41) is 0. The Balaban J connectivity index is 1.30. The smallest absolute Gasteiger partial charge is 0.244 e. The molecule has 24 heavy (non-hydrogen) atoms. The zero-order valence-electron chi connectivity index (χ0n) is 13.8. The molecule has 132 valence electrons. The van der Waals surface area contributed by atoms with E-state index in [0.29, 0.717) is 19.2 Å². The summed E-state index contributed by atoms with van der Waals surface area (Å²) in [6, 6.07) is 3.28. The van der Waals surface area contributed by atoms with Gasteiger partial charge < -0.3 is 4.74 Å². The van der Waals surface area contributed by atoms with Gasteiger partial charge in [-0.2, -0.15) is 4.31 Å². The molecule has 0 amide bonds. The predicted molar refractivity (Wildman–Crippen MR) is 94.5 cm³/mol. The molecule has 3 aliphatic rings. The fourth-order valence-corrected chi connectivity index (χ4v) is 7.29. The van der Waals surface area contributed by atoms with Gasteiger partial charge in [-0.1, -0.05) is 12.8 Å². The zero-order valence-corrected chi connectivity index (χ0v) is 15.4. The highest BCUT2D eigenvalue weighted by Crippen LogP contribution is 2.47. The molecule has 1 saturated carbocycles. The van der Waals surface area contributed by atoms with Crippen molar-refractivity contribution in [3.63, 3.8) is 0 Å². The van der Waals surface area contributed by atoms with Crippen molar-refractivity contribution in [3.8, 4) is 0 Å². The van der Waals surface area contributed by atoms with Crippen molar-refractivity contribution in [1.29, 1.82) is 0 Å². The van der Waals surface area contributed by atoms with Gasteiger partial charge in [0.25, 0.3) is 0 Å². The fourth-order valence-electron chi connectivity index (χ4n) is 3.99. The largest absolute Gasteiger partial charge is 0.377 e. The molecule has 0 aromatic carbocycles. The molecule has 4 rings (SSSR count). The van der Waals surface area contributed by atoms with Crippen LogP contribution >= 0.6 is 11.8 Å². The molecule has 0 N–H and O–H groups in total. The van der Waals surface area contributed by atoms with Gasteiger partial charge in [-0.3, -0.25) is 4.98 Å². The first-order valence-corrected chi connectivity index (χ1v) is 11.2. The van der Waals surface area contributed by atoms with Crippen LogP contribution in [0.4, 0.5) is 0 Å². The monoisotopic (exact) mass is 368 g/mol. The van der Waals surface area contributed by atoms with Crippen LogP contribution in [0.25, 0.3) is 0 Å². The van der Waals surface area contributed by atoms with E-state index < -0.39 is 10.0 Å². The molecule has 3 heterocycles. The molecule has 1 aromatic rings. The van der Waals surface area contributed by atoms with Crippen molar-refractivity contribution in [1.82, 2.24) is 9.29 Å². The highest BCUT2D eigenvalue weighted by Gasteiger charge is 2.53. The number of thioether (sulfide) groups is 1. The van der Waals surface area contributed by atoms with Gasteiger partial charge in [-0.15, -0.1) is 11.8 Å². The zero-order chi connectivity index (χ0) is 16.6. The Kier molecular flexibility index (Phi) is 4.62. The average Bonchev–Trinajstić information content (AvgIpc) is 3.22. The van der Waals surface area contributed by atoms with E-state index in [4.69, 9.17) is 4.74 Å². The molecule has 0 unspecified atom stereocenters. The predicted octanol–water partition coefficient (Wildman–Crippen LogP) is 2.54. The molecule has 1 aliphatic carbocycles. The van der Waals surface area contributed by atoms with Gasteiger partial charge in [0.05, 0.1) is 6.10 Å².